The lowest BCUT2D eigenvalue weighted by Gasteiger charge is -2.21. The van der Waals surface area contributed by atoms with Gasteiger partial charge in [0, 0.05) is 0 Å². The molecule has 1 rings (SSSR count). The van der Waals surface area contributed by atoms with Gasteiger partial charge in [0.25, 0.3) is 0 Å². The van der Waals surface area contributed by atoms with Gasteiger partial charge in [0.15, 0.2) is 0 Å². The Balaban J connectivity index is 2.14. The highest BCUT2D eigenvalue weighted by atomic mass is 16.3. The maximum Gasteiger partial charge on any atom is 0.0565 e. The molecule has 3 N–H and O–H groups in total. The standard InChI is InChI=1S/C13H27NO/c1-3-4-5-12(15)11(2)6-7-13(10-14)8-9-13/h11-12,15H,3-10,14H2,1-2H3/t11-,12?/m1/s1. The zero-order valence-electron chi connectivity index (χ0n) is 10.3. The van der Waals surface area contributed by atoms with Crippen LogP contribution in [0.15, 0.2) is 0 Å². The number of hydrogen-bond acceptors (Lipinski definition) is 2. The third-order valence-corrected chi connectivity index (χ3v) is 4.03. The van der Waals surface area contributed by atoms with Crippen molar-refractivity contribution < 1.29 is 5.11 Å². The Morgan fingerprint density at radius 2 is 2.00 bits per heavy atom. The first-order valence-corrected chi connectivity index (χ1v) is 6.51. The maximum absolute atomic E-state index is 9.91. The van der Waals surface area contributed by atoms with Gasteiger partial charge in [0.05, 0.1) is 6.10 Å². The monoisotopic (exact) mass is 213 g/mol. The van der Waals surface area contributed by atoms with Gasteiger partial charge in [-0.3, -0.25) is 0 Å². The maximum atomic E-state index is 9.91. The molecule has 0 amide bonds. The second-order valence-electron chi connectivity index (χ2n) is 5.43. The molecule has 2 nitrogen and oxygen atoms in total. The normalized spacial score (nSPS) is 22.4. The molecule has 0 aromatic carbocycles. The molecule has 1 saturated carbocycles. The largest absolute Gasteiger partial charge is 0.393 e. The van der Waals surface area contributed by atoms with E-state index in [4.69, 9.17) is 5.73 Å². The average Bonchev–Trinajstić information content (AvgIpc) is 3.03. The van der Waals surface area contributed by atoms with E-state index in [1.165, 1.54) is 25.7 Å². The Morgan fingerprint density at radius 1 is 1.33 bits per heavy atom. The molecule has 1 aliphatic carbocycles. The molecular formula is C13H27NO. The van der Waals surface area contributed by atoms with Gasteiger partial charge in [-0.25, -0.2) is 0 Å². The van der Waals surface area contributed by atoms with E-state index in [0.29, 0.717) is 11.3 Å². The summed E-state index contributed by atoms with van der Waals surface area (Å²) in [6, 6.07) is 0. The van der Waals surface area contributed by atoms with Crippen molar-refractivity contribution in [3.63, 3.8) is 0 Å². The van der Waals surface area contributed by atoms with Crippen molar-refractivity contribution in [2.75, 3.05) is 6.54 Å². The minimum absolute atomic E-state index is 0.0986. The molecular weight excluding hydrogens is 186 g/mol. The van der Waals surface area contributed by atoms with E-state index in [0.717, 1.165) is 25.8 Å². The molecule has 0 aromatic rings. The predicted octanol–water partition coefficient (Wildman–Crippen LogP) is 2.69. The van der Waals surface area contributed by atoms with Crippen molar-refractivity contribution in [1.29, 1.82) is 0 Å². The van der Waals surface area contributed by atoms with Crippen LogP contribution in [0.2, 0.25) is 0 Å². The van der Waals surface area contributed by atoms with Crippen molar-refractivity contribution in [2.45, 2.75) is 64.9 Å². The first-order chi connectivity index (χ1) is 7.13. The number of aliphatic hydroxyl groups excluding tert-OH is 1. The fraction of sp³-hybridized carbons (Fsp3) is 1.00. The Bertz CT molecular complexity index is 177. The van der Waals surface area contributed by atoms with Gasteiger partial charge in [-0.1, -0.05) is 26.7 Å². The molecule has 90 valence electrons. The number of rotatable bonds is 8. The SMILES string of the molecule is CCCCC(O)[C@H](C)CCC1(CN)CC1. The predicted molar refractivity (Wildman–Crippen MR) is 64.7 cm³/mol. The van der Waals surface area contributed by atoms with Gasteiger partial charge in [0.1, 0.15) is 0 Å². The lowest BCUT2D eigenvalue weighted by Crippen LogP contribution is -2.21. The second-order valence-corrected chi connectivity index (χ2v) is 5.43. The summed E-state index contributed by atoms with van der Waals surface area (Å²) in [5.74, 6) is 0.445. The van der Waals surface area contributed by atoms with Gasteiger partial charge in [0.2, 0.25) is 0 Å². The molecule has 0 aliphatic heterocycles. The van der Waals surface area contributed by atoms with Crippen LogP contribution in [0, 0.1) is 11.3 Å². The van der Waals surface area contributed by atoms with E-state index < -0.39 is 0 Å². The zero-order chi connectivity index (χ0) is 11.3. The van der Waals surface area contributed by atoms with Gasteiger partial charge >= 0.3 is 0 Å². The molecule has 1 aliphatic rings. The Morgan fingerprint density at radius 3 is 2.47 bits per heavy atom. The van der Waals surface area contributed by atoms with Crippen LogP contribution in [0.25, 0.3) is 0 Å². The lowest BCUT2D eigenvalue weighted by molar-refractivity contribution is 0.0961. The molecule has 1 unspecified atom stereocenters. The van der Waals surface area contributed by atoms with Gasteiger partial charge in [-0.05, 0) is 50.0 Å². The Labute approximate surface area is 94.2 Å². The molecule has 0 bridgehead atoms. The molecule has 0 radical (unpaired) electrons. The van der Waals surface area contributed by atoms with E-state index in [1.807, 2.05) is 0 Å². The van der Waals surface area contributed by atoms with E-state index in [9.17, 15) is 5.11 Å². The van der Waals surface area contributed by atoms with Gasteiger partial charge < -0.3 is 10.8 Å². The topological polar surface area (TPSA) is 46.2 Å². The van der Waals surface area contributed by atoms with Crippen LogP contribution in [0.5, 0.6) is 0 Å². The van der Waals surface area contributed by atoms with E-state index in [-0.39, 0.29) is 6.10 Å². The molecule has 0 saturated heterocycles. The third-order valence-electron chi connectivity index (χ3n) is 4.03. The number of unbranched alkanes of at least 4 members (excludes halogenated alkanes) is 1. The smallest absolute Gasteiger partial charge is 0.0565 e. The van der Waals surface area contributed by atoms with Gasteiger partial charge in [-0.15, -0.1) is 0 Å². The van der Waals surface area contributed by atoms with Crippen LogP contribution < -0.4 is 5.73 Å². The van der Waals surface area contributed by atoms with E-state index >= 15 is 0 Å². The Kier molecular flexibility index (Phi) is 5.07. The Hall–Kier alpha value is -0.0800. The molecule has 0 spiro atoms. The van der Waals surface area contributed by atoms with Crippen molar-refractivity contribution in [3.05, 3.63) is 0 Å². The summed E-state index contributed by atoms with van der Waals surface area (Å²) in [7, 11) is 0. The van der Waals surface area contributed by atoms with Crippen LogP contribution >= 0.6 is 0 Å². The second kappa shape index (κ2) is 5.86. The van der Waals surface area contributed by atoms with Crippen LogP contribution in [-0.4, -0.2) is 17.8 Å². The number of hydrogen-bond donors (Lipinski definition) is 2. The first-order valence-electron chi connectivity index (χ1n) is 6.51. The summed E-state index contributed by atoms with van der Waals surface area (Å²) in [5, 5.41) is 9.91. The highest BCUT2D eigenvalue weighted by Crippen LogP contribution is 2.49. The van der Waals surface area contributed by atoms with Crippen molar-refractivity contribution >= 4 is 0 Å². The summed E-state index contributed by atoms with van der Waals surface area (Å²) in [6.45, 7) is 5.18. The number of aliphatic hydroxyl groups is 1. The minimum Gasteiger partial charge on any atom is -0.393 e. The molecule has 15 heavy (non-hydrogen) atoms. The molecule has 0 aromatic heterocycles. The van der Waals surface area contributed by atoms with E-state index in [2.05, 4.69) is 13.8 Å². The summed E-state index contributed by atoms with van der Waals surface area (Å²) in [6.07, 6.45) is 8.16. The van der Waals surface area contributed by atoms with Crippen LogP contribution in [-0.2, 0) is 0 Å². The third kappa shape index (κ3) is 4.12. The highest BCUT2D eigenvalue weighted by Gasteiger charge is 2.40. The van der Waals surface area contributed by atoms with Crippen LogP contribution in [0.1, 0.15) is 58.8 Å². The molecule has 1 fully saturated rings. The summed E-state index contributed by atoms with van der Waals surface area (Å²) in [4.78, 5) is 0. The average molecular weight is 213 g/mol. The fourth-order valence-corrected chi connectivity index (χ4v) is 2.16. The van der Waals surface area contributed by atoms with Crippen molar-refractivity contribution in [2.24, 2.45) is 17.1 Å². The summed E-state index contributed by atoms with van der Waals surface area (Å²) in [5.41, 5.74) is 6.22. The van der Waals surface area contributed by atoms with Crippen LogP contribution in [0.3, 0.4) is 0 Å². The van der Waals surface area contributed by atoms with Crippen molar-refractivity contribution in [3.8, 4) is 0 Å². The molecule has 2 atom stereocenters. The highest BCUT2D eigenvalue weighted by molar-refractivity contribution is 4.94. The van der Waals surface area contributed by atoms with Crippen LogP contribution in [0.4, 0.5) is 0 Å². The fourth-order valence-electron chi connectivity index (χ4n) is 2.16. The van der Waals surface area contributed by atoms with E-state index in [1.54, 1.807) is 0 Å². The van der Waals surface area contributed by atoms with Gasteiger partial charge in [-0.2, -0.15) is 0 Å². The molecule has 2 heteroatoms. The quantitative estimate of drug-likeness (QED) is 0.651. The molecule has 0 heterocycles. The first kappa shape index (κ1) is 13.0. The number of nitrogens with two attached hydrogens (primary N) is 1. The lowest BCUT2D eigenvalue weighted by atomic mass is 9.89. The summed E-state index contributed by atoms with van der Waals surface area (Å²) >= 11 is 0. The summed E-state index contributed by atoms with van der Waals surface area (Å²) < 4.78 is 0. The minimum atomic E-state index is -0.0986. The van der Waals surface area contributed by atoms with Crippen molar-refractivity contribution in [1.82, 2.24) is 0 Å². The zero-order valence-corrected chi connectivity index (χ0v) is 10.3.